The van der Waals surface area contributed by atoms with Gasteiger partial charge in [-0.1, -0.05) is 45.2 Å². The molecule has 12 heavy (non-hydrogen) atoms. The highest BCUT2D eigenvalue weighted by atomic mass is 79.9. The van der Waals surface area contributed by atoms with Crippen molar-refractivity contribution in [3.8, 4) is 0 Å². The molecule has 0 aromatic heterocycles. The molecule has 0 amide bonds. The van der Waals surface area contributed by atoms with E-state index >= 15 is 0 Å². The van der Waals surface area contributed by atoms with Crippen molar-refractivity contribution < 1.29 is 5.11 Å². The average Bonchev–Trinajstić information content (AvgIpc) is 2.03. The number of aliphatic hydroxyl groups excluding tert-OH is 1. The first-order valence-corrected chi connectivity index (χ1v) is 5.22. The highest BCUT2D eigenvalue weighted by molar-refractivity contribution is 9.09. The molecule has 0 aliphatic rings. The summed E-state index contributed by atoms with van der Waals surface area (Å²) in [4.78, 5) is 0. The smallest absolute Gasteiger partial charge is 0.0915 e. The van der Waals surface area contributed by atoms with Gasteiger partial charge in [0.05, 0.1) is 6.10 Å². The van der Waals surface area contributed by atoms with Crippen LogP contribution in [0.25, 0.3) is 0 Å². The maximum Gasteiger partial charge on any atom is 0.0915 e. The second-order valence-electron chi connectivity index (χ2n) is 2.31. The molecule has 0 fully saturated rings. The molecule has 66 valence electrons. The summed E-state index contributed by atoms with van der Waals surface area (Å²) in [5.41, 5.74) is 0.581. The third-order valence-corrected chi connectivity index (χ3v) is 2.75. The van der Waals surface area contributed by atoms with Crippen molar-refractivity contribution in [3.05, 3.63) is 33.8 Å². The Morgan fingerprint density at radius 1 is 1.33 bits per heavy atom. The molecule has 0 aliphatic carbocycles. The number of halogens is 3. The molecule has 0 saturated carbocycles. The van der Waals surface area contributed by atoms with Gasteiger partial charge < -0.3 is 5.11 Å². The van der Waals surface area contributed by atoms with E-state index in [2.05, 4.69) is 15.9 Å². The molecule has 0 saturated heterocycles. The minimum absolute atomic E-state index is 0.427. The van der Waals surface area contributed by atoms with E-state index in [4.69, 9.17) is 23.2 Å². The van der Waals surface area contributed by atoms with Gasteiger partial charge >= 0.3 is 0 Å². The average molecular weight is 270 g/mol. The van der Waals surface area contributed by atoms with Crippen molar-refractivity contribution in [2.45, 2.75) is 6.10 Å². The van der Waals surface area contributed by atoms with E-state index in [9.17, 15) is 5.11 Å². The maximum absolute atomic E-state index is 9.48. The number of rotatable bonds is 2. The fourth-order valence-corrected chi connectivity index (χ4v) is 1.88. The molecule has 1 nitrogen and oxygen atoms in total. The van der Waals surface area contributed by atoms with Crippen LogP contribution in [0.15, 0.2) is 18.2 Å². The van der Waals surface area contributed by atoms with Crippen molar-refractivity contribution in [1.82, 2.24) is 0 Å². The van der Waals surface area contributed by atoms with Crippen molar-refractivity contribution in [3.63, 3.8) is 0 Å². The van der Waals surface area contributed by atoms with E-state index in [0.29, 0.717) is 20.9 Å². The quantitative estimate of drug-likeness (QED) is 0.816. The highest BCUT2D eigenvalue weighted by Gasteiger charge is 2.13. The third kappa shape index (κ3) is 2.13. The number of benzene rings is 1. The lowest BCUT2D eigenvalue weighted by atomic mass is 10.1. The van der Waals surface area contributed by atoms with Gasteiger partial charge in [-0.15, -0.1) is 0 Å². The number of aliphatic hydroxyl groups is 1. The summed E-state index contributed by atoms with van der Waals surface area (Å²) in [5, 5.41) is 10.9. The van der Waals surface area contributed by atoms with E-state index in [0.717, 1.165) is 0 Å². The van der Waals surface area contributed by atoms with Crippen LogP contribution in [0.1, 0.15) is 11.7 Å². The molecule has 1 N–H and O–H groups in total. The highest BCUT2D eigenvalue weighted by Crippen LogP contribution is 2.30. The summed E-state index contributed by atoms with van der Waals surface area (Å²) in [6.07, 6.45) is -0.647. The summed E-state index contributed by atoms with van der Waals surface area (Å²) in [6, 6.07) is 5.15. The Hall–Kier alpha value is 0.240. The lowest BCUT2D eigenvalue weighted by Crippen LogP contribution is -1.99. The van der Waals surface area contributed by atoms with E-state index in [-0.39, 0.29) is 0 Å². The fraction of sp³-hybridized carbons (Fsp3) is 0.250. The van der Waals surface area contributed by atoms with Crippen LogP contribution in [0.3, 0.4) is 0 Å². The summed E-state index contributed by atoms with van der Waals surface area (Å²) in [7, 11) is 0. The fourth-order valence-electron chi connectivity index (χ4n) is 0.906. The van der Waals surface area contributed by atoms with Crippen LogP contribution in [-0.4, -0.2) is 10.4 Å². The maximum atomic E-state index is 9.48. The Balaban J connectivity index is 3.12. The second kappa shape index (κ2) is 4.47. The summed E-state index contributed by atoms with van der Waals surface area (Å²) < 4.78 is 0. The van der Waals surface area contributed by atoms with Crippen LogP contribution in [0.2, 0.25) is 10.0 Å². The van der Waals surface area contributed by atoms with Crippen LogP contribution in [0, 0.1) is 0 Å². The Bertz CT molecular complexity index is 258. The molecule has 0 aliphatic heterocycles. The summed E-state index contributed by atoms with van der Waals surface area (Å²) >= 11 is 14.8. The Labute approximate surface area is 89.4 Å². The zero-order chi connectivity index (χ0) is 9.14. The molecular weight excluding hydrogens is 263 g/mol. The van der Waals surface area contributed by atoms with Crippen LogP contribution in [0.5, 0.6) is 0 Å². The lowest BCUT2D eigenvalue weighted by molar-refractivity contribution is 0.205. The van der Waals surface area contributed by atoms with Crippen molar-refractivity contribution >= 4 is 39.1 Å². The van der Waals surface area contributed by atoms with Gasteiger partial charge in [0.2, 0.25) is 0 Å². The molecule has 1 aromatic carbocycles. The topological polar surface area (TPSA) is 20.2 Å². The summed E-state index contributed by atoms with van der Waals surface area (Å²) in [5.74, 6) is 0. The van der Waals surface area contributed by atoms with Crippen molar-refractivity contribution in [1.29, 1.82) is 0 Å². The van der Waals surface area contributed by atoms with Gasteiger partial charge in [0, 0.05) is 20.9 Å². The van der Waals surface area contributed by atoms with E-state index in [1.54, 1.807) is 18.2 Å². The predicted molar refractivity (Wildman–Crippen MR) is 55.2 cm³/mol. The van der Waals surface area contributed by atoms with Gasteiger partial charge in [-0.2, -0.15) is 0 Å². The van der Waals surface area contributed by atoms with E-state index in [1.807, 2.05) is 0 Å². The van der Waals surface area contributed by atoms with E-state index < -0.39 is 6.10 Å². The molecule has 0 spiro atoms. The lowest BCUT2D eigenvalue weighted by Gasteiger charge is -2.10. The number of hydrogen-bond acceptors (Lipinski definition) is 1. The van der Waals surface area contributed by atoms with Gasteiger partial charge in [-0.05, 0) is 12.1 Å². The zero-order valence-corrected chi connectivity index (χ0v) is 9.20. The molecule has 0 bridgehead atoms. The first-order chi connectivity index (χ1) is 5.66. The van der Waals surface area contributed by atoms with Crippen LogP contribution < -0.4 is 0 Å². The van der Waals surface area contributed by atoms with Gasteiger partial charge in [0.15, 0.2) is 0 Å². The van der Waals surface area contributed by atoms with Crippen molar-refractivity contribution in [2.24, 2.45) is 0 Å². The normalized spacial score (nSPS) is 13.0. The number of hydrogen-bond donors (Lipinski definition) is 1. The molecule has 1 aromatic rings. The molecule has 1 unspecified atom stereocenters. The Morgan fingerprint density at radius 2 is 1.83 bits per heavy atom. The van der Waals surface area contributed by atoms with E-state index in [1.165, 1.54) is 0 Å². The first kappa shape index (κ1) is 10.3. The summed E-state index contributed by atoms with van der Waals surface area (Å²) in [6.45, 7) is 0. The van der Waals surface area contributed by atoms with Gasteiger partial charge in [-0.25, -0.2) is 0 Å². The van der Waals surface area contributed by atoms with Gasteiger partial charge in [0.25, 0.3) is 0 Å². The van der Waals surface area contributed by atoms with Crippen LogP contribution in [-0.2, 0) is 0 Å². The minimum atomic E-state index is -0.647. The molecule has 0 radical (unpaired) electrons. The van der Waals surface area contributed by atoms with Crippen LogP contribution >= 0.6 is 39.1 Å². The second-order valence-corrected chi connectivity index (χ2v) is 3.77. The molecule has 1 rings (SSSR count). The SMILES string of the molecule is OC(CBr)c1c(Cl)cccc1Cl. The van der Waals surface area contributed by atoms with Crippen molar-refractivity contribution in [2.75, 3.05) is 5.33 Å². The zero-order valence-electron chi connectivity index (χ0n) is 6.10. The Morgan fingerprint density at radius 3 is 2.25 bits per heavy atom. The predicted octanol–water partition coefficient (Wildman–Crippen LogP) is 3.42. The molecule has 0 heterocycles. The largest absolute Gasteiger partial charge is 0.387 e. The standard InChI is InChI=1S/C8H7BrCl2O/c9-4-7(12)8-5(10)2-1-3-6(8)11/h1-3,7,12H,4H2. The Kier molecular flexibility index (Phi) is 3.84. The molecular formula is C8H7BrCl2O. The minimum Gasteiger partial charge on any atom is -0.387 e. The third-order valence-electron chi connectivity index (χ3n) is 1.48. The molecule has 1 atom stereocenters. The van der Waals surface area contributed by atoms with Crippen LogP contribution in [0.4, 0.5) is 0 Å². The molecule has 4 heteroatoms. The number of alkyl halides is 1. The monoisotopic (exact) mass is 268 g/mol. The first-order valence-electron chi connectivity index (χ1n) is 3.34. The van der Waals surface area contributed by atoms with Gasteiger partial charge in [-0.3, -0.25) is 0 Å². The van der Waals surface area contributed by atoms with Gasteiger partial charge in [0.1, 0.15) is 0 Å².